The number of nitrogens with zero attached hydrogens (tertiary/aromatic N) is 2. The Balaban J connectivity index is 2.01. The fraction of sp³-hybridized carbons (Fsp3) is 0.316. The Morgan fingerprint density at radius 2 is 1.74 bits per heavy atom. The first-order valence-corrected chi connectivity index (χ1v) is 8.44. The Labute approximate surface area is 156 Å². The van der Waals surface area contributed by atoms with Crippen LogP contribution in [0.15, 0.2) is 42.7 Å². The molecule has 0 radical (unpaired) electrons. The van der Waals surface area contributed by atoms with Crippen molar-refractivity contribution in [1.29, 1.82) is 0 Å². The Morgan fingerprint density at radius 3 is 2.33 bits per heavy atom. The van der Waals surface area contributed by atoms with Gasteiger partial charge in [0, 0.05) is 6.54 Å². The van der Waals surface area contributed by atoms with Crippen molar-refractivity contribution < 1.29 is 23.9 Å². The third-order valence-electron chi connectivity index (χ3n) is 3.73. The minimum absolute atomic E-state index is 0.00234. The molecule has 8 heteroatoms. The lowest BCUT2D eigenvalue weighted by atomic mass is 9.99. The second-order valence-corrected chi connectivity index (χ2v) is 5.63. The first-order chi connectivity index (χ1) is 13.0. The van der Waals surface area contributed by atoms with Crippen LogP contribution < -0.4 is 5.32 Å². The minimum atomic E-state index is -0.639. The number of carbonyl (C=O) groups excluding carboxylic acids is 3. The molecule has 1 N–H and O–H groups in total. The van der Waals surface area contributed by atoms with Crippen LogP contribution in [-0.2, 0) is 20.7 Å². The van der Waals surface area contributed by atoms with Gasteiger partial charge in [-0.3, -0.25) is 9.59 Å². The van der Waals surface area contributed by atoms with Gasteiger partial charge in [0.15, 0.2) is 5.69 Å². The minimum Gasteiger partial charge on any atom is -0.466 e. The maximum atomic E-state index is 12.3. The van der Waals surface area contributed by atoms with Crippen LogP contribution in [-0.4, -0.2) is 48.1 Å². The molecule has 2 aromatic rings. The van der Waals surface area contributed by atoms with Crippen LogP contribution in [0.5, 0.6) is 0 Å². The molecule has 2 rings (SSSR count). The summed E-state index contributed by atoms with van der Waals surface area (Å²) < 4.78 is 9.63. The fourth-order valence-corrected chi connectivity index (χ4v) is 2.36. The summed E-state index contributed by atoms with van der Waals surface area (Å²) in [6.45, 7) is 2.08. The Bertz CT molecular complexity index is 778. The van der Waals surface area contributed by atoms with E-state index in [1.807, 2.05) is 30.3 Å². The van der Waals surface area contributed by atoms with Crippen molar-refractivity contribution in [2.45, 2.75) is 13.3 Å². The van der Waals surface area contributed by atoms with Gasteiger partial charge in [-0.15, -0.1) is 0 Å². The monoisotopic (exact) mass is 371 g/mol. The number of carbonyl (C=O) groups is 3. The molecule has 0 fully saturated rings. The van der Waals surface area contributed by atoms with E-state index in [9.17, 15) is 14.4 Å². The third-order valence-corrected chi connectivity index (χ3v) is 3.73. The van der Waals surface area contributed by atoms with Gasteiger partial charge in [0.1, 0.15) is 5.69 Å². The highest BCUT2D eigenvalue weighted by atomic mass is 16.5. The Kier molecular flexibility index (Phi) is 7.42. The van der Waals surface area contributed by atoms with E-state index in [1.165, 1.54) is 13.3 Å². The van der Waals surface area contributed by atoms with Crippen molar-refractivity contribution in [3.63, 3.8) is 0 Å². The van der Waals surface area contributed by atoms with Gasteiger partial charge >= 0.3 is 11.9 Å². The van der Waals surface area contributed by atoms with Crippen LogP contribution in [0.2, 0.25) is 0 Å². The number of benzene rings is 1. The number of rotatable bonds is 8. The molecule has 27 heavy (non-hydrogen) atoms. The molecule has 1 aromatic heterocycles. The molecule has 1 amide bonds. The molecule has 1 atom stereocenters. The highest BCUT2D eigenvalue weighted by Crippen LogP contribution is 2.10. The normalized spacial score (nSPS) is 11.3. The Hall–Kier alpha value is -3.29. The van der Waals surface area contributed by atoms with E-state index < -0.39 is 17.8 Å². The Morgan fingerprint density at radius 1 is 1.07 bits per heavy atom. The number of methoxy groups -OCH3 is 1. The average molecular weight is 371 g/mol. The van der Waals surface area contributed by atoms with Crippen molar-refractivity contribution >= 4 is 17.8 Å². The van der Waals surface area contributed by atoms with Gasteiger partial charge < -0.3 is 14.8 Å². The second-order valence-electron chi connectivity index (χ2n) is 5.63. The van der Waals surface area contributed by atoms with E-state index in [4.69, 9.17) is 4.74 Å². The van der Waals surface area contributed by atoms with Crippen molar-refractivity contribution in [2.24, 2.45) is 5.92 Å². The number of hydrogen-bond donors (Lipinski definition) is 1. The number of amides is 1. The molecule has 0 unspecified atom stereocenters. The van der Waals surface area contributed by atoms with Gasteiger partial charge in [0.25, 0.3) is 5.91 Å². The van der Waals surface area contributed by atoms with E-state index in [0.717, 1.165) is 11.8 Å². The molecule has 0 saturated heterocycles. The molecule has 142 valence electrons. The number of aromatic nitrogens is 2. The lowest BCUT2D eigenvalue weighted by Crippen LogP contribution is -2.35. The predicted molar refractivity (Wildman–Crippen MR) is 96.0 cm³/mol. The van der Waals surface area contributed by atoms with E-state index in [-0.39, 0.29) is 30.5 Å². The number of hydrogen-bond acceptors (Lipinski definition) is 7. The SMILES string of the molecule is CCOC(=O)[C@H](CNC(=O)c1cnc(C(=O)OC)cn1)Cc1ccccc1. The quantitative estimate of drug-likeness (QED) is 0.699. The summed E-state index contributed by atoms with van der Waals surface area (Å²) in [5.41, 5.74) is 1.000. The summed E-state index contributed by atoms with van der Waals surface area (Å²) in [4.78, 5) is 43.5. The molecule has 0 aliphatic heterocycles. The van der Waals surface area contributed by atoms with Crippen molar-refractivity contribution in [2.75, 3.05) is 20.3 Å². The number of ether oxygens (including phenoxy) is 2. The number of esters is 2. The molecule has 0 aliphatic rings. The zero-order valence-corrected chi connectivity index (χ0v) is 15.2. The molecule has 0 saturated carbocycles. The van der Waals surface area contributed by atoms with Crippen LogP contribution >= 0.6 is 0 Å². The van der Waals surface area contributed by atoms with Crippen molar-refractivity contribution in [1.82, 2.24) is 15.3 Å². The van der Waals surface area contributed by atoms with Crippen LogP contribution in [0.4, 0.5) is 0 Å². The van der Waals surface area contributed by atoms with Crippen LogP contribution in [0.3, 0.4) is 0 Å². The topological polar surface area (TPSA) is 107 Å². The predicted octanol–water partition coefficient (Wildman–Crippen LogP) is 1.41. The summed E-state index contributed by atoms with van der Waals surface area (Å²) in [7, 11) is 1.23. The standard InChI is InChI=1S/C19H21N3O5/c1-3-27-18(24)14(9-13-7-5-4-6-8-13)10-22-17(23)15-11-21-16(12-20-15)19(25)26-2/h4-8,11-12,14H,3,9-10H2,1-2H3,(H,22,23)/t14-/m0/s1. The second kappa shape index (κ2) is 10.0. The van der Waals surface area contributed by atoms with Gasteiger partial charge in [-0.2, -0.15) is 0 Å². The summed E-state index contributed by atoms with van der Waals surface area (Å²) in [6.07, 6.45) is 2.78. The molecular weight excluding hydrogens is 350 g/mol. The zero-order valence-electron chi connectivity index (χ0n) is 15.2. The van der Waals surface area contributed by atoms with E-state index >= 15 is 0 Å². The smallest absolute Gasteiger partial charge is 0.358 e. The van der Waals surface area contributed by atoms with E-state index in [2.05, 4.69) is 20.0 Å². The largest absolute Gasteiger partial charge is 0.466 e. The summed E-state index contributed by atoms with van der Waals surface area (Å²) in [6, 6.07) is 9.47. The molecule has 8 nitrogen and oxygen atoms in total. The molecule has 1 heterocycles. The van der Waals surface area contributed by atoms with Crippen molar-refractivity contribution in [3.8, 4) is 0 Å². The zero-order chi connectivity index (χ0) is 19.6. The molecular formula is C19H21N3O5. The molecule has 0 bridgehead atoms. The summed E-state index contributed by atoms with van der Waals surface area (Å²) in [5, 5.41) is 2.66. The lowest BCUT2D eigenvalue weighted by molar-refractivity contribution is -0.147. The van der Waals surface area contributed by atoms with Crippen LogP contribution in [0, 0.1) is 5.92 Å². The van der Waals surface area contributed by atoms with Crippen LogP contribution in [0.25, 0.3) is 0 Å². The molecule has 0 aliphatic carbocycles. The highest BCUT2D eigenvalue weighted by Gasteiger charge is 2.22. The van der Waals surface area contributed by atoms with Crippen molar-refractivity contribution in [3.05, 3.63) is 59.7 Å². The molecule has 1 aromatic carbocycles. The van der Waals surface area contributed by atoms with Crippen LogP contribution in [0.1, 0.15) is 33.5 Å². The third kappa shape index (κ3) is 5.88. The lowest BCUT2D eigenvalue weighted by Gasteiger charge is -2.16. The summed E-state index contributed by atoms with van der Waals surface area (Å²) in [5.74, 6) is -2.05. The molecule has 0 spiro atoms. The number of nitrogens with one attached hydrogen (secondary N) is 1. The first-order valence-electron chi connectivity index (χ1n) is 8.44. The maximum absolute atomic E-state index is 12.3. The highest BCUT2D eigenvalue weighted by molar-refractivity contribution is 5.93. The van der Waals surface area contributed by atoms with Gasteiger partial charge in [-0.05, 0) is 18.9 Å². The summed E-state index contributed by atoms with van der Waals surface area (Å²) >= 11 is 0. The average Bonchev–Trinajstić information content (AvgIpc) is 2.71. The van der Waals surface area contributed by atoms with E-state index in [1.54, 1.807) is 6.92 Å². The van der Waals surface area contributed by atoms with Gasteiger partial charge in [-0.25, -0.2) is 14.8 Å². The maximum Gasteiger partial charge on any atom is 0.358 e. The van der Waals surface area contributed by atoms with Gasteiger partial charge in [-0.1, -0.05) is 30.3 Å². The van der Waals surface area contributed by atoms with Gasteiger partial charge in [0.2, 0.25) is 0 Å². The van der Waals surface area contributed by atoms with E-state index in [0.29, 0.717) is 6.42 Å². The fourth-order valence-electron chi connectivity index (χ4n) is 2.36. The van der Waals surface area contributed by atoms with Gasteiger partial charge in [0.05, 0.1) is 32.0 Å². The first kappa shape index (κ1) is 20.0.